The first-order chi connectivity index (χ1) is 9.15. The molecule has 0 fully saturated rings. The molecule has 0 saturated heterocycles. The Bertz CT molecular complexity index is 759. The summed E-state index contributed by atoms with van der Waals surface area (Å²) in [6.07, 6.45) is 3.57. The first kappa shape index (κ1) is 11.9. The Morgan fingerprint density at radius 1 is 1.37 bits per heavy atom. The van der Waals surface area contributed by atoms with Crippen LogP contribution in [0.15, 0.2) is 30.6 Å². The van der Waals surface area contributed by atoms with Crippen molar-refractivity contribution in [2.45, 2.75) is 13.8 Å². The minimum absolute atomic E-state index is 0.189. The van der Waals surface area contributed by atoms with Crippen molar-refractivity contribution < 1.29 is 4.79 Å². The smallest absolute Gasteiger partial charge is 0.276 e. The maximum absolute atomic E-state index is 12.3. The van der Waals surface area contributed by atoms with Gasteiger partial charge in [-0.3, -0.25) is 14.5 Å². The number of pyridine rings is 1. The first-order valence-corrected chi connectivity index (χ1v) is 6.64. The molecule has 6 heteroatoms. The molecule has 3 rings (SSSR count). The lowest BCUT2D eigenvalue weighted by Crippen LogP contribution is -2.15. The van der Waals surface area contributed by atoms with Gasteiger partial charge in [-0.05, 0) is 26.0 Å². The van der Waals surface area contributed by atoms with Crippen molar-refractivity contribution in [3.8, 4) is 0 Å². The van der Waals surface area contributed by atoms with Crippen molar-refractivity contribution in [2.24, 2.45) is 0 Å². The highest BCUT2D eigenvalue weighted by Crippen LogP contribution is 2.19. The topological polar surface area (TPSA) is 59.3 Å². The van der Waals surface area contributed by atoms with E-state index in [1.807, 2.05) is 38.2 Å². The maximum Gasteiger partial charge on any atom is 0.276 e. The van der Waals surface area contributed by atoms with Crippen LogP contribution in [-0.2, 0) is 0 Å². The van der Waals surface area contributed by atoms with Crippen molar-refractivity contribution in [1.29, 1.82) is 0 Å². The third kappa shape index (κ3) is 2.10. The van der Waals surface area contributed by atoms with Crippen LogP contribution in [0.1, 0.15) is 21.1 Å². The molecule has 96 valence electrons. The van der Waals surface area contributed by atoms with Crippen LogP contribution in [0.3, 0.4) is 0 Å². The molecule has 1 amide bonds. The fraction of sp³-hybridized carbons (Fsp3) is 0.154. The largest absolute Gasteiger partial charge is 0.296 e. The number of hydrogen-bond donors (Lipinski definition) is 1. The Balaban J connectivity index is 1.99. The minimum Gasteiger partial charge on any atom is -0.296 e. The summed E-state index contributed by atoms with van der Waals surface area (Å²) in [5, 5.41) is 3.41. The molecule has 19 heavy (non-hydrogen) atoms. The average molecular weight is 272 g/mol. The van der Waals surface area contributed by atoms with Gasteiger partial charge in [-0.2, -0.15) is 0 Å². The van der Waals surface area contributed by atoms with Crippen LogP contribution >= 0.6 is 11.3 Å². The molecule has 0 saturated carbocycles. The Kier molecular flexibility index (Phi) is 2.79. The zero-order valence-corrected chi connectivity index (χ0v) is 11.4. The summed E-state index contributed by atoms with van der Waals surface area (Å²) in [7, 11) is 0. The van der Waals surface area contributed by atoms with Crippen LogP contribution in [0.4, 0.5) is 5.13 Å². The van der Waals surface area contributed by atoms with Crippen LogP contribution in [0.5, 0.6) is 0 Å². The van der Waals surface area contributed by atoms with Crippen molar-refractivity contribution >= 4 is 28.0 Å². The number of carbonyl (C=O) groups excluding carboxylic acids is 1. The van der Waals surface area contributed by atoms with Crippen molar-refractivity contribution in [3.63, 3.8) is 0 Å². The van der Waals surface area contributed by atoms with E-state index in [9.17, 15) is 4.79 Å². The van der Waals surface area contributed by atoms with Gasteiger partial charge in [0.15, 0.2) is 5.13 Å². The number of rotatable bonds is 2. The standard InChI is InChI=1S/C13H12N4OS/c1-8-7-14-13(19-8)16-12(18)11-9(2)15-10-5-3-4-6-17(10)11/h3-7H,1-2H3,(H,14,16,18). The molecular formula is C13H12N4OS. The summed E-state index contributed by atoms with van der Waals surface area (Å²) in [6.45, 7) is 3.78. The third-order valence-corrected chi connectivity index (χ3v) is 3.59. The second-order valence-corrected chi connectivity index (χ2v) is 5.44. The molecule has 5 nitrogen and oxygen atoms in total. The molecule has 0 bridgehead atoms. The quantitative estimate of drug-likeness (QED) is 0.780. The number of imidazole rings is 1. The molecule has 0 spiro atoms. The number of nitrogens with zero attached hydrogens (tertiary/aromatic N) is 3. The Morgan fingerprint density at radius 3 is 2.95 bits per heavy atom. The molecule has 3 aromatic heterocycles. The van der Waals surface area contributed by atoms with Gasteiger partial charge < -0.3 is 0 Å². The van der Waals surface area contributed by atoms with Gasteiger partial charge in [-0.25, -0.2) is 9.97 Å². The van der Waals surface area contributed by atoms with Crippen LogP contribution in [0, 0.1) is 13.8 Å². The van der Waals surface area contributed by atoms with E-state index in [0.717, 1.165) is 10.5 Å². The van der Waals surface area contributed by atoms with Gasteiger partial charge in [-0.1, -0.05) is 6.07 Å². The molecular weight excluding hydrogens is 260 g/mol. The van der Waals surface area contributed by atoms with Crippen molar-refractivity contribution in [2.75, 3.05) is 5.32 Å². The van der Waals surface area contributed by atoms with E-state index in [1.54, 1.807) is 10.6 Å². The number of nitrogens with one attached hydrogen (secondary N) is 1. The SMILES string of the molecule is Cc1cnc(NC(=O)c2c(C)nc3ccccn23)s1. The highest BCUT2D eigenvalue weighted by Gasteiger charge is 2.17. The third-order valence-electron chi connectivity index (χ3n) is 2.76. The second kappa shape index (κ2) is 4.47. The molecule has 0 aliphatic heterocycles. The van der Waals surface area contributed by atoms with Gasteiger partial charge in [-0.15, -0.1) is 11.3 Å². The highest BCUT2D eigenvalue weighted by atomic mass is 32.1. The number of aromatic nitrogens is 3. The Hall–Kier alpha value is -2.21. The first-order valence-electron chi connectivity index (χ1n) is 5.82. The maximum atomic E-state index is 12.3. The molecule has 0 aromatic carbocycles. The second-order valence-electron chi connectivity index (χ2n) is 4.20. The van der Waals surface area contributed by atoms with Crippen LogP contribution in [-0.4, -0.2) is 20.3 Å². The van der Waals surface area contributed by atoms with Crippen LogP contribution in [0.2, 0.25) is 0 Å². The van der Waals surface area contributed by atoms with Gasteiger partial charge in [0.2, 0.25) is 0 Å². The van der Waals surface area contributed by atoms with Crippen LogP contribution < -0.4 is 5.32 Å². The molecule has 0 radical (unpaired) electrons. The van der Waals surface area contributed by atoms with E-state index >= 15 is 0 Å². The lowest BCUT2D eigenvalue weighted by Gasteiger charge is -2.02. The number of thiazole rings is 1. The van der Waals surface area contributed by atoms with Gasteiger partial charge in [0.05, 0.1) is 5.69 Å². The lowest BCUT2D eigenvalue weighted by atomic mass is 10.3. The molecule has 0 atom stereocenters. The van der Waals surface area contributed by atoms with E-state index in [2.05, 4.69) is 15.3 Å². The van der Waals surface area contributed by atoms with E-state index in [-0.39, 0.29) is 5.91 Å². The summed E-state index contributed by atoms with van der Waals surface area (Å²) in [4.78, 5) is 21.9. The number of anilines is 1. The normalized spacial score (nSPS) is 10.8. The fourth-order valence-electron chi connectivity index (χ4n) is 1.96. The summed E-state index contributed by atoms with van der Waals surface area (Å²) < 4.78 is 1.78. The predicted molar refractivity (Wildman–Crippen MR) is 74.7 cm³/mol. The molecule has 0 unspecified atom stereocenters. The van der Waals surface area contributed by atoms with E-state index in [4.69, 9.17) is 0 Å². The summed E-state index contributed by atoms with van der Waals surface area (Å²) >= 11 is 1.45. The number of fused-ring (bicyclic) bond motifs is 1. The zero-order valence-electron chi connectivity index (χ0n) is 10.5. The summed E-state index contributed by atoms with van der Waals surface area (Å²) in [5.41, 5.74) is 2.01. The molecule has 3 aromatic rings. The van der Waals surface area contributed by atoms with Crippen molar-refractivity contribution in [3.05, 3.63) is 46.9 Å². The van der Waals surface area contributed by atoms with Crippen LogP contribution in [0.25, 0.3) is 5.65 Å². The number of hydrogen-bond acceptors (Lipinski definition) is 4. The van der Waals surface area contributed by atoms with Gasteiger partial charge >= 0.3 is 0 Å². The van der Waals surface area contributed by atoms with Gasteiger partial charge in [0.25, 0.3) is 5.91 Å². The minimum atomic E-state index is -0.189. The molecule has 0 aliphatic carbocycles. The average Bonchev–Trinajstić information content (AvgIpc) is 2.91. The zero-order chi connectivity index (χ0) is 13.4. The Morgan fingerprint density at radius 2 is 2.21 bits per heavy atom. The molecule has 3 heterocycles. The predicted octanol–water partition coefficient (Wildman–Crippen LogP) is 2.66. The number of aryl methyl sites for hydroxylation is 2. The Labute approximate surface area is 113 Å². The van der Waals surface area contributed by atoms with E-state index in [0.29, 0.717) is 16.5 Å². The molecule has 1 N–H and O–H groups in total. The number of amides is 1. The summed E-state index contributed by atoms with van der Waals surface area (Å²) in [6, 6.07) is 5.64. The lowest BCUT2D eigenvalue weighted by molar-refractivity contribution is 0.102. The summed E-state index contributed by atoms with van der Waals surface area (Å²) in [5.74, 6) is -0.189. The van der Waals surface area contributed by atoms with Gasteiger partial charge in [0, 0.05) is 17.3 Å². The number of carbonyl (C=O) groups is 1. The van der Waals surface area contributed by atoms with E-state index in [1.165, 1.54) is 11.3 Å². The highest BCUT2D eigenvalue weighted by molar-refractivity contribution is 7.15. The molecule has 0 aliphatic rings. The fourth-order valence-corrected chi connectivity index (χ4v) is 2.62. The van der Waals surface area contributed by atoms with Crippen molar-refractivity contribution in [1.82, 2.24) is 14.4 Å². The monoisotopic (exact) mass is 272 g/mol. The van der Waals surface area contributed by atoms with Gasteiger partial charge in [0.1, 0.15) is 11.3 Å². The van der Waals surface area contributed by atoms with E-state index < -0.39 is 0 Å².